The highest BCUT2D eigenvalue weighted by molar-refractivity contribution is 6.77. The third kappa shape index (κ3) is 3.18. The van der Waals surface area contributed by atoms with Gasteiger partial charge in [0.1, 0.15) is 6.29 Å². The Labute approximate surface area is 185 Å². The van der Waals surface area contributed by atoms with Gasteiger partial charge in [-0.3, -0.25) is 0 Å². The molecule has 3 aliphatic carbocycles. The maximum absolute atomic E-state index is 12.6. The molecule has 0 aromatic carbocycles. The van der Waals surface area contributed by atoms with Crippen molar-refractivity contribution in [2.45, 2.75) is 104 Å². The summed E-state index contributed by atoms with van der Waals surface area (Å²) in [5.41, 5.74) is 1.29. The summed E-state index contributed by atoms with van der Waals surface area (Å²) in [7, 11) is -1.94. The predicted octanol–water partition coefficient (Wildman–Crippen LogP) is 6.90. The van der Waals surface area contributed by atoms with E-state index in [1.165, 1.54) is 6.29 Å². The number of fused-ring (bicyclic) bond motifs is 3. The molecule has 0 aliphatic heterocycles. The number of carbonyl (C=O) groups is 1. The molecule has 0 spiro atoms. The van der Waals surface area contributed by atoms with E-state index in [1.807, 2.05) is 0 Å². The molecule has 2 fully saturated rings. The van der Waals surface area contributed by atoms with Crippen molar-refractivity contribution in [2.75, 3.05) is 0 Å². The zero-order valence-corrected chi connectivity index (χ0v) is 21.4. The predicted molar refractivity (Wildman–Crippen MR) is 125 cm³/mol. The van der Waals surface area contributed by atoms with E-state index >= 15 is 0 Å². The lowest BCUT2D eigenvalue weighted by molar-refractivity contribution is -0.141. The Morgan fingerprint density at radius 1 is 1.13 bits per heavy atom. The van der Waals surface area contributed by atoms with Crippen LogP contribution in [0.5, 0.6) is 0 Å². The number of nitriles is 1. The molecule has 3 aliphatic rings. The maximum Gasteiger partial charge on any atom is 0.200 e. The van der Waals surface area contributed by atoms with E-state index in [2.05, 4.69) is 73.6 Å². The monoisotopic (exact) mass is 429 g/mol. The van der Waals surface area contributed by atoms with Gasteiger partial charge in [-0.25, -0.2) is 0 Å². The fraction of sp³-hybridized carbons (Fsp3) is 0.846. The van der Waals surface area contributed by atoms with Crippen LogP contribution >= 0.6 is 0 Å². The lowest BCUT2D eigenvalue weighted by atomic mass is 9.46. The van der Waals surface area contributed by atoms with E-state index in [1.54, 1.807) is 0 Å². The summed E-state index contributed by atoms with van der Waals surface area (Å²) in [5.74, 6) is 0.962. The fourth-order valence-corrected chi connectivity index (χ4v) is 13.8. The fourth-order valence-electron chi connectivity index (χ4n) is 8.14. The number of carbonyl (C=O) groups excluding carboxylic acids is 1. The first-order valence-corrected chi connectivity index (χ1v) is 14.4. The summed E-state index contributed by atoms with van der Waals surface area (Å²) < 4.78 is 7.25. The van der Waals surface area contributed by atoms with Crippen molar-refractivity contribution in [1.82, 2.24) is 0 Å². The van der Waals surface area contributed by atoms with Crippen LogP contribution in [0.1, 0.15) is 81.1 Å². The van der Waals surface area contributed by atoms with Crippen LogP contribution in [0, 0.1) is 45.8 Å². The van der Waals surface area contributed by atoms with Crippen molar-refractivity contribution in [3.8, 4) is 6.07 Å². The van der Waals surface area contributed by atoms with Crippen LogP contribution in [-0.4, -0.2) is 20.7 Å². The van der Waals surface area contributed by atoms with Crippen LogP contribution < -0.4 is 0 Å². The first kappa shape index (κ1) is 23.7. The summed E-state index contributed by atoms with van der Waals surface area (Å²) in [6, 6.07) is 2.47. The Morgan fingerprint density at radius 2 is 1.73 bits per heavy atom. The van der Waals surface area contributed by atoms with Gasteiger partial charge in [-0.15, -0.1) is 0 Å². The Balaban J connectivity index is 1.94. The van der Waals surface area contributed by atoms with Crippen molar-refractivity contribution in [1.29, 1.82) is 5.26 Å². The normalized spacial score (nSPS) is 41.1. The highest BCUT2D eigenvalue weighted by Gasteiger charge is 2.64. The number of hydrogen-bond acceptors (Lipinski definition) is 3. The van der Waals surface area contributed by atoms with Gasteiger partial charge in [0.05, 0.1) is 6.07 Å². The molecule has 0 heterocycles. The van der Waals surface area contributed by atoms with Crippen molar-refractivity contribution in [3.05, 3.63) is 12.2 Å². The molecule has 3 nitrogen and oxygen atoms in total. The summed E-state index contributed by atoms with van der Waals surface area (Å²) >= 11 is 0. The highest BCUT2D eigenvalue weighted by Crippen LogP contribution is 2.66. The molecule has 0 N–H and O–H groups in total. The highest BCUT2D eigenvalue weighted by atomic mass is 28.4. The Bertz CT molecular complexity index is 701. The molecule has 0 amide bonds. The third-order valence-corrected chi connectivity index (χ3v) is 15.8. The van der Waals surface area contributed by atoms with Crippen molar-refractivity contribution in [3.63, 3.8) is 0 Å². The second-order valence-electron chi connectivity index (χ2n) is 11.7. The van der Waals surface area contributed by atoms with E-state index in [0.717, 1.165) is 25.7 Å². The zero-order chi connectivity index (χ0) is 22.5. The lowest BCUT2D eigenvalue weighted by Crippen LogP contribution is -2.59. The second-order valence-corrected chi connectivity index (χ2v) is 17.1. The number of nitrogens with zero attached hydrogens (tertiary/aromatic N) is 1. The smallest absolute Gasteiger partial charge is 0.200 e. The minimum atomic E-state index is -1.94. The minimum Gasteiger partial charge on any atom is -0.413 e. The molecule has 0 bridgehead atoms. The second kappa shape index (κ2) is 8.21. The Kier molecular flexibility index (Phi) is 6.49. The van der Waals surface area contributed by atoms with Crippen LogP contribution in [0.3, 0.4) is 0 Å². The van der Waals surface area contributed by atoms with Gasteiger partial charge in [-0.2, -0.15) is 5.26 Å². The molecule has 0 saturated heterocycles. The SMILES string of the molecule is CC(C)[Si](O[C@H]1CC[C@@]2(C)[C@H](C=CC3C[C@@H](C#N)C[C@]32C=O)[C@@H]1C)(C(C)C)C(C)C. The first-order chi connectivity index (χ1) is 14.0. The van der Waals surface area contributed by atoms with Gasteiger partial charge in [0.15, 0.2) is 0 Å². The van der Waals surface area contributed by atoms with Crippen LogP contribution in [0.2, 0.25) is 16.6 Å². The van der Waals surface area contributed by atoms with Gasteiger partial charge in [0.25, 0.3) is 0 Å². The molecule has 0 radical (unpaired) electrons. The average Bonchev–Trinajstić information content (AvgIpc) is 3.07. The molecule has 4 heteroatoms. The molecule has 30 heavy (non-hydrogen) atoms. The number of rotatable bonds is 6. The summed E-state index contributed by atoms with van der Waals surface area (Å²) in [6.45, 7) is 18.8. The Morgan fingerprint density at radius 3 is 2.23 bits per heavy atom. The van der Waals surface area contributed by atoms with Gasteiger partial charge < -0.3 is 9.22 Å². The maximum atomic E-state index is 12.6. The number of hydrogen-bond donors (Lipinski definition) is 0. The van der Waals surface area contributed by atoms with Gasteiger partial charge in [-0.1, -0.05) is 67.5 Å². The van der Waals surface area contributed by atoms with E-state index < -0.39 is 8.32 Å². The summed E-state index contributed by atoms with van der Waals surface area (Å²) in [4.78, 5) is 12.6. The number of aldehydes is 1. The van der Waals surface area contributed by atoms with Crippen LogP contribution in [-0.2, 0) is 9.22 Å². The van der Waals surface area contributed by atoms with E-state index in [-0.39, 0.29) is 28.8 Å². The quantitative estimate of drug-likeness (QED) is 0.262. The van der Waals surface area contributed by atoms with Crippen molar-refractivity contribution >= 4 is 14.6 Å². The van der Waals surface area contributed by atoms with E-state index in [0.29, 0.717) is 28.5 Å². The van der Waals surface area contributed by atoms with E-state index in [4.69, 9.17) is 4.43 Å². The van der Waals surface area contributed by atoms with Gasteiger partial charge in [0, 0.05) is 17.4 Å². The standard InChI is InChI=1S/C26H43NO2Si/c1-17(2)30(18(3)4,19(5)6)29-24-11-12-25(8)23(20(24)7)10-9-22-13-21(15-27)14-26(22,25)16-28/h9-10,16-24H,11-14H2,1-8H3/t20-,21+,22?,23+,24-,25-,26-/m0/s1. The first-order valence-electron chi connectivity index (χ1n) is 12.2. The van der Waals surface area contributed by atoms with Gasteiger partial charge in [-0.05, 0) is 65.5 Å². The topological polar surface area (TPSA) is 50.1 Å². The van der Waals surface area contributed by atoms with Crippen LogP contribution in [0.15, 0.2) is 12.2 Å². The molecule has 1 unspecified atom stereocenters. The van der Waals surface area contributed by atoms with Crippen molar-refractivity contribution < 1.29 is 9.22 Å². The zero-order valence-electron chi connectivity index (χ0n) is 20.4. The molecular formula is C26H43NO2Si. The molecule has 168 valence electrons. The van der Waals surface area contributed by atoms with E-state index in [9.17, 15) is 10.1 Å². The lowest BCUT2D eigenvalue weighted by Gasteiger charge is -2.59. The summed E-state index contributed by atoms with van der Waals surface area (Å²) in [6.07, 6.45) is 9.81. The largest absolute Gasteiger partial charge is 0.413 e. The molecular weight excluding hydrogens is 386 g/mol. The minimum absolute atomic E-state index is 0.00702. The van der Waals surface area contributed by atoms with Gasteiger partial charge >= 0.3 is 0 Å². The number of allylic oxidation sites excluding steroid dienone is 2. The average molecular weight is 430 g/mol. The molecule has 3 rings (SSSR count). The molecule has 2 saturated carbocycles. The Hall–Kier alpha value is -0.923. The van der Waals surface area contributed by atoms with Crippen LogP contribution in [0.25, 0.3) is 0 Å². The van der Waals surface area contributed by atoms with Crippen molar-refractivity contribution in [2.24, 2.45) is 34.5 Å². The molecule has 7 atom stereocenters. The van der Waals surface area contributed by atoms with Crippen LogP contribution in [0.4, 0.5) is 0 Å². The third-order valence-electron chi connectivity index (χ3n) is 9.69. The molecule has 0 aromatic heterocycles. The molecule has 0 aromatic rings. The summed E-state index contributed by atoms with van der Waals surface area (Å²) in [5, 5.41) is 9.58. The van der Waals surface area contributed by atoms with Gasteiger partial charge in [0.2, 0.25) is 8.32 Å².